The van der Waals surface area contributed by atoms with Gasteiger partial charge >= 0.3 is 0 Å². The maximum Gasteiger partial charge on any atom is 0.274 e. The first kappa shape index (κ1) is 14.9. The summed E-state index contributed by atoms with van der Waals surface area (Å²) in [6.45, 7) is 1.66. The molecule has 0 aliphatic rings. The molecule has 0 saturated heterocycles. The quantitative estimate of drug-likeness (QED) is 0.512. The van der Waals surface area contributed by atoms with Crippen molar-refractivity contribution in [3.8, 4) is 0 Å². The van der Waals surface area contributed by atoms with Crippen LogP contribution in [0.3, 0.4) is 0 Å². The van der Waals surface area contributed by atoms with Crippen LogP contribution in [0.4, 0.5) is 21.5 Å². The molecule has 0 atom stereocenters. The molecule has 0 aliphatic carbocycles. The molecule has 0 fully saturated rings. The SMILES string of the molecule is Cc1ccc(NC(=S)Nc2ccc(F)cc2)cc1[N+](=O)[O-]. The van der Waals surface area contributed by atoms with Crippen LogP contribution in [0, 0.1) is 22.9 Å². The molecule has 0 amide bonds. The van der Waals surface area contributed by atoms with E-state index in [0.717, 1.165) is 0 Å². The normalized spacial score (nSPS) is 10.0. The first-order chi connectivity index (χ1) is 9.95. The van der Waals surface area contributed by atoms with Gasteiger partial charge in [-0.1, -0.05) is 6.07 Å². The van der Waals surface area contributed by atoms with E-state index < -0.39 is 4.92 Å². The molecule has 108 valence electrons. The highest BCUT2D eigenvalue weighted by Crippen LogP contribution is 2.22. The molecule has 0 saturated carbocycles. The summed E-state index contributed by atoms with van der Waals surface area (Å²) in [6.07, 6.45) is 0. The number of hydrogen-bond donors (Lipinski definition) is 2. The van der Waals surface area contributed by atoms with Gasteiger partial charge in [-0.05, 0) is 49.5 Å². The molecule has 0 unspecified atom stereocenters. The topological polar surface area (TPSA) is 67.2 Å². The van der Waals surface area contributed by atoms with E-state index in [1.807, 2.05) is 0 Å². The Kier molecular flexibility index (Phi) is 4.44. The Hall–Kier alpha value is -2.54. The number of nitro benzene ring substituents is 1. The number of anilines is 2. The molecule has 2 rings (SSSR count). The van der Waals surface area contributed by atoms with Gasteiger partial charge < -0.3 is 10.6 Å². The third kappa shape index (κ3) is 3.96. The van der Waals surface area contributed by atoms with Crippen LogP contribution in [-0.2, 0) is 0 Å². The molecule has 0 bridgehead atoms. The lowest BCUT2D eigenvalue weighted by atomic mass is 10.2. The maximum absolute atomic E-state index is 12.8. The van der Waals surface area contributed by atoms with E-state index in [1.165, 1.54) is 18.2 Å². The van der Waals surface area contributed by atoms with Gasteiger partial charge in [-0.15, -0.1) is 0 Å². The number of benzene rings is 2. The number of nitrogens with one attached hydrogen (secondary N) is 2. The van der Waals surface area contributed by atoms with Crippen LogP contribution >= 0.6 is 12.2 Å². The van der Waals surface area contributed by atoms with Crippen LogP contribution in [0.5, 0.6) is 0 Å². The number of nitro groups is 1. The second-order valence-electron chi connectivity index (χ2n) is 4.34. The molecule has 0 heterocycles. The van der Waals surface area contributed by atoms with Crippen LogP contribution in [0.25, 0.3) is 0 Å². The number of hydrogen-bond acceptors (Lipinski definition) is 3. The van der Waals surface area contributed by atoms with Gasteiger partial charge in [-0.3, -0.25) is 10.1 Å². The van der Waals surface area contributed by atoms with E-state index in [0.29, 0.717) is 16.9 Å². The van der Waals surface area contributed by atoms with Crippen molar-refractivity contribution in [1.82, 2.24) is 0 Å². The van der Waals surface area contributed by atoms with Crippen molar-refractivity contribution >= 4 is 34.4 Å². The van der Waals surface area contributed by atoms with E-state index in [9.17, 15) is 14.5 Å². The average Bonchev–Trinajstić information content (AvgIpc) is 2.43. The van der Waals surface area contributed by atoms with Crippen molar-refractivity contribution in [2.75, 3.05) is 10.6 Å². The third-order valence-electron chi connectivity index (χ3n) is 2.77. The Labute approximate surface area is 125 Å². The lowest BCUT2D eigenvalue weighted by molar-refractivity contribution is -0.385. The van der Waals surface area contributed by atoms with Gasteiger partial charge in [0, 0.05) is 23.0 Å². The summed E-state index contributed by atoms with van der Waals surface area (Å²) in [5.41, 5.74) is 1.72. The minimum atomic E-state index is -0.447. The third-order valence-corrected chi connectivity index (χ3v) is 2.97. The molecular formula is C14H12FN3O2S. The Morgan fingerprint density at radius 1 is 1.14 bits per heavy atom. The number of thiocarbonyl (C=S) groups is 1. The second kappa shape index (κ2) is 6.27. The number of aryl methyl sites for hydroxylation is 1. The monoisotopic (exact) mass is 305 g/mol. The minimum Gasteiger partial charge on any atom is -0.332 e. The van der Waals surface area contributed by atoms with E-state index in [4.69, 9.17) is 12.2 Å². The van der Waals surface area contributed by atoms with E-state index in [1.54, 1.807) is 31.2 Å². The fourth-order valence-corrected chi connectivity index (χ4v) is 1.95. The zero-order chi connectivity index (χ0) is 15.4. The smallest absolute Gasteiger partial charge is 0.274 e. The van der Waals surface area contributed by atoms with E-state index >= 15 is 0 Å². The molecule has 2 aromatic carbocycles. The van der Waals surface area contributed by atoms with Crippen molar-refractivity contribution < 1.29 is 9.31 Å². The van der Waals surface area contributed by atoms with E-state index in [2.05, 4.69) is 10.6 Å². The van der Waals surface area contributed by atoms with Crippen molar-refractivity contribution in [3.63, 3.8) is 0 Å². The largest absolute Gasteiger partial charge is 0.332 e. The van der Waals surface area contributed by atoms with Crippen LogP contribution in [0.1, 0.15) is 5.56 Å². The van der Waals surface area contributed by atoms with Crippen molar-refractivity contribution in [1.29, 1.82) is 0 Å². The van der Waals surface area contributed by atoms with Gasteiger partial charge in [0.25, 0.3) is 5.69 Å². The molecule has 2 N–H and O–H groups in total. The molecule has 0 aromatic heterocycles. The van der Waals surface area contributed by atoms with Gasteiger partial charge in [0.1, 0.15) is 5.82 Å². The molecule has 0 radical (unpaired) electrons. The summed E-state index contributed by atoms with van der Waals surface area (Å²) < 4.78 is 12.8. The molecule has 0 spiro atoms. The predicted octanol–water partition coefficient (Wildman–Crippen LogP) is 3.85. The number of rotatable bonds is 3. The van der Waals surface area contributed by atoms with Crippen molar-refractivity contribution in [3.05, 3.63) is 64.0 Å². The van der Waals surface area contributed by atoms with Crippen LogP contribution in [-0.4, -0.2) is 10.0 Å². The summed E-state index contributed by atoms with van der Waals surface area (Å²) >= 11 is 5.11. The first-order valence-electron chi connectivity index (χ1n) is 6.04. The van der Waals surface area contributed by atoms with Gasteiger partial charge in [0.2, 0.25) is 0 Å². The summed E-state index contributed by atoms with van der Waals surface area (Å²) in [5, 5.41) is 16.9. The summed E-state index contributed by atoms with van der Waals surface area (Å²) in [5.74, 6) is -0.339. The predicted molar refractivity (Wildman–Crippen MR) is 84.1 cm³/mol. The summed E-state index contributed by atoms with van der Waals surface area (Å²) in [6, 6.07) is 10.4. The minimum absolute atomic E-state index is 0.0181. The fourth-order valence-electron chi connectivity index (χ4n) is 1.71. The zero-order valence-electron chi connectivity index (χ0n) is 11.1. The van der Waals surface area contributed by atoms with Crippen LogP contribution in [0.15, 0.2) is 42.5 Å². The van der Waals surface area contributed by atoms with Crippen LogP contribution < -0.4 is 10.6 Å². The Balaban J connectivity index is 2.07. The highest BCUT2D eigenvalue weighted by molar-refractivity contribution is 7.80. The highest BCUT2D eigenvalue weighted by atomic mass is 32.1. The lowest BCUT2D eigenvalue weighted by Crippen LogP contribution is -2.19. The lowest BCUT2D eigenvalue weighted by Gasteiger charge is -2.10. The Morgan fingerprint density at radius 3 is 2.33 bits per heavy atom. The molecule has 2 aromatic rings. The van der Waals surface area contributed by atoms with Gasteiger partial charge in [0.05, 0.1) is 4.92 Å². The maximum atomic E-state index is 12.8. The van der Waals surface area contributed by atoms with Crippen molar-refractivity contribution in [2.24, 2.45) is 0 Å². The van der Waals surface area contributed by atoms with Gasteiger partial charge in [-0.25, -0.2) is 4.39 Å². The molecule has 7 heteroatoms. The Bertz CT molecular complexity index is 689. The first-order valence-corrected chi connectivity index (χ1v) is 6.45. The summed E-state index contributed by atoms with van der Waals surface area (Å²) in [4.78, 5) is 10.4. The average molecular weight is 305 g/mol. The standard InChI is InChI=1S/C14H12FN3O2S/c1-9-2-5-12(8-13(9)18(19)20)17-14(21)16-11-6-3-10(15)4-7-11/h2-8H,1H3,(H2,16,17,21). The molecule has 5 nitrogen and oxygen atoms in total. The molecule has 21 heavy (non-hydrogen) atoms. The van der Waals surface area contributed by atoms with Gasteiger partial charge in [-0.2, -0.15) is 0 Å². The second-order valence-corrected chi connectivity index (χ2v) is 4.75. The fraction of sp³-hybridized carbons (Fsp3) is 0.0714. The van der Waals surface area contributed by atoms with Crippen molar-refractivity contribution in [2.45, 2.75) is 6.92 Å². The summed E-state index contributed by atoms with van der Waals surface area (Å²) in [7, 11) is 0. The molecule has 0 aliphatic heterocycles. The number of halogens is 1. The zero-order valence-corrected chi connectivity index (χ0v) is 11.9. The van der Waals surface area contributed by atoms with E-state index in [-0.39, 0.29) is 16.6 Å². The number of nitrogens with zero attached hydrogens (tertiary/aromatic N) is 1. The Morgan fingerprint density at radius 2 is 1.71 bits per heavy atom. The molecular weight excluding hydrogens is 293 g/mol. The van der Waals surface area contributed by atoms with Gasteiger partial charge in [0.15, 0.2) is 5.11 Å². The highest BCUT2D eigenvalue weighted by Gasteiger charge is 2.11. The van der Waals surface area contributed by atoms with Crippen LogP contribution in [0.2, 0.25) is 0 Å².